The SMILES string of the molecule is O=C(Nc1ccccc1OCc1cscn1)c1csc(-c2ccccc2F)n1. The molecule has 4 aromatic rings. The van der Waals surface area contributed by atoms with Crippen molar-refractivity contribution in [3.05, 3.63) is 82.0 Å². The number of halogens is 1. The maximum Gasteiger partial charge on any atom is 0.275 e. The number of benzene rings is 2. The van der Waals surface area contributed by atoms with Crippen LogP contribution in [0, 0.1) is 5.82 Å². The fraction of sp³-hybridized carbons (Fsp3) is 0.0500. The molecule has 0 aliphatic carbocycles. The van der Waals surface area contributed by atoms with Gasteiger partial charge in [0.15, 0.2) is 0 Å². The van der Waals surface area contributed by atoms with Crippen molar-refractivity contribution in [2.45, 2.75) is 6.61 Å². The fourth-order valence-corrected chi connectivity index (χ4v) is 3.85. The molecule has 28 heavy (non-hydrogen) atoms. The molecule has 0 saturated carbocycles. The van der Waals surface area contributed by atoms with E-state index >= 15 is 0 Å². The lowest BCUT2D eigenvalue weighted by Crippen LogP contribution is -2.13. The molecule has 2 aromatic heterocycles. The molecule has 2 heterocycles. The van der Waals surface area contributed by atoms with Crippen LogP contribution in [0.1, 0.15) is 16.2 Å². The number of nitrogens with one attached hydrogen (secondary N) is 1. The molecular formula is C20H14FN3O2S2. The number of carbonyl (C=O) groups is 1. The summed E-state index contributed by atoms with van der Waals surface area (Å²) in [5, 5.41) is 6.77. The molecule has 0 aliphatic rings. The first-order valence-electron chi connectivity index (χ1n) is 8.31. The van der Waals surface area contributed by atoms with Crippen LogP contribution in [0.15, 0.2) is 64.8 Å². The maximum absolute atomic E-state index is 13.9. The number of hydrogen-bond acceptors (Lipinski definition) is 6. The molecule has 0 saturated heterocycles. The van der Waals surface area contributed by atoms with E-state index < -0.39 is 0 Å². The molecule has 8 heteroatoms. The highest BCUT2D eigenvalue weighted by Crippen LogP contribution is 2.28. The van der Waals surface area contributed by atoms with Crippen LogP contribution in [-0.2, 0) is 6.61 Å². The van der Waals surface area contributed by atoms with Gasteiger partial charge in [-0.1, -0.05) is 24.3 Å². The van der Waals surface area contributed by atoms with Crippen LogP contribution in [-0.4, -0.2) is 15.9 Å². The van der Waals surface area contributed by atoms with Crippen molar-refractivity contribution in [3.8, 4) is 16.3 Å². The first-order chi connectivity index (χ1) is 13.7. The van der Waals surface area contributed by atoms with Crippen LogP contribution in [0.5, 0.6) is 5.75 Å². The average Bonchev–Trinajstić information content (AvgIpc) is 3.40. The first-order valence-corrected chi connectivity index (χ1v) is 10.1. The third-order valence-corrected chi connectivity index (χ3v) is 5.35. The predicted octanol–water partition coefficient (Wildman–Crippen LogP) is 5.24. The quantitative estimate of drug-likeness (QED) is 0.471. The first kappa shape index (κ1) is 18.3. The highest BCUT2D eigenvalue weighted by molar-refractivity contribution is 7.13. The van der Waals surface area contributed by atoms with Crippen LogP contribution in [0.4, 0.5) is 10.1 Å². The van der Waals surface area contributed by atoms with Crippen molar-refractivity contribution >= 4 is 34.3 Å². The van der Waals surface area contributed by atoms with E-state index in [2.05, 4.69) is 15.3 Å². The summed E-state index contributed by atoms with van der Waals surface area (Å²) in [6.07, 6.45) is 0. The van der Waals surface area contributed by atoms with Gasteiger partial charge in [0.05, 0.1) is 16.9 Å². The number of nitrogens with zero attached hydrogens (tertiary/aromatic N) is 2. The van der Waals surface area contributed by atoms with Gasteiger partial charge in [0.1, 0.15) is 28.9 Å². The normalized spacial score (nSPS) is 10.6. The summed E-state index contributed by atoms with van der Waals surface area (Å²) in [6, 6.07) is 13.5. The lowest BCUT2D eigenvalue weighted by molar-refractivity contribution is 0.102. The number of para-hydroxylation sites is 2. The lowest BCUT2D eigenvalue weighted by atomic mass is 10.2. The number of amides is 1. The summed E-state index contributed by atoms with van der Waals surface area (Å²) < 4.78 is 19.7. The maximum atomic E-state index is 13.9. The highest BCUT2D eigenvalue weighted by Gasteiger charge is 2.16. The van der Waals surface area contributed by atoms with Crippen molar-refractivity contribution in [3.63, 3.8) is 0 Å². The minimum Gasteiger partial charge on any atom is -0.485 e. The van der Waals surface area contributed by atoms with E-state index in [-0.39, 0.29) is 17.4 Å². The summed E-state index contributed by atoms with van der Waals surface area (Å²) in [5.74, 6) is -0.221. The van der Waals surface area contributed by atoms with Gasteiger partial charge >= 0.3 is 0 Å². The van der Waals surface area contributed by atoms with Gasteiger partial charge in [-0.05, 0) is 24.3 Å². The molecule has 140 valence electrons. The summed E-state index contributed by atoms with van der Waals surface area (Å²) in [5.41, 5.74) is 3.68. The molecule has 0 atom stereocenters. The van der Waals surface area contributed by atoms with Crippen LogP contribution >= 0.6 is 22.7 Å². The highest BCUT2D eigenvalue weighted by atomic mass is 32.1. The molecule has 0 bridgehead atoms. The van der Waals surface area contributed by atoms with Gasteiger partial charge in [-0.3, -0.25) is 4.79 Å². The van der Waals surface area contributed by atoms with E-state index in [4.69, 9.17) is 4.74 Å². The van der Waals surface area contributed by atoms with Gasteiger partial charge in [0, 0.05) is 16.3 Å². The second-order valence-corrected chi connectivity index (χ2v) is 7.31. The second-order valence-electron chi connectivity index (χ2n) is 5.74. The van der Waals surface area contributed by atoms with Crippen molar-refractivity contribution in [1.82, 2.24) is 9.97 Å². The Hall–Kier alpha value is -3.10. The molecule has 1 amide bonds. The van der Waals surface area contributed by atoms with Crippen molar-refractivity contribution < 1.29 is 13.9 Å². The van der Waals surface area contributed by atoms with Crippen molar-refractivity contribution in [1.29, 1.82) is 0 Å². The second kappa shape index (κ2) is 8.28. The number of ether oxygens (including phenoxy) is 1. The minimum absolute atomic E-state index is 0.220. The minimum atomic E-state index is -0.386. The largest absolute Gasteiger partial charge is 0.485 e. The van der Waals surface area contributed by atoms with Crippen LogP contribution in [0.3, 0.4) is 0 Å². The van der Waals surface area contributed by atoms with Gasteiger partial charge in [-0.15, -0.1) is 22.7 Å². The van der Waals surface area contributed by atoms with Crippen molar-refractivity contribution in [2.24, 2.45) is 0 Å². The van der Waals surface area contributed by atoms with Gasteiger partial charge in [-0.2, -0.15) is 0 Å². The van der Waals surface area contributed by atoms with Gasteiger partial charge < -0.3 is 10.1 Å². The third-order valence-electron chi connectivity index (χ3n) is 3.84. The molecule has 0 unspecified atom stereocenters. The standard InChI is InChI=1S/C20H14FN3O2S2/c21-15-6-2-1-5-14(15)20-24-17(11-28-20)19(25)23-16-7-3-4-8-18(16)26-9-13-10-27-12-22-13/h1-8,10-12H,9H2,(H,23,25). The van der Waals surface area contributed by atoms with E-state index in [0.717, 1.165) is 5.69 Å². The number of anilines is 1. The summed E-state index contributed by atoms with van der Waals surface area (Å²) in [6.45, 7) is 0.310. The Balaban J connectivity index is 1.49. The van der Waals surface area contributed by atoms with Gasteiger partial charge in [-0.25, -0.2) is 14.4 Å². The molecule has 0 spiro atoms. The van der Waals surface area contributed by atoms with Gasteiger partial charge in [0.25, 0.3) is 5.91 Å². The van der Waals surface area contributed by atoms with E-state index in [0.29, 0.717) is 28.6 Å². The Kier molecular flexibility index (Phi) is 5.41. The zero-order chi connectivity index (χ0) is 19.3. The number of rotatable bonds is 6. The van der Waals surface area contributed by atoms with Gasteiger partial charge in [0.2, 0.25) is 0 Å². The molecule has 5 nitrogen and oxygen atoms in total. The third kappa shape index (κ3) is 4.08. The van der Waals surface area contributed by atoms with E-state index in [1.54, 1.807) is 47.3 Å². The monoisotopic (exact) mass is 411 g/mol. The zero-order valence-electron chi connectivity index (χ0n) is 14.5. The van der Waals surface area contributed by atoms with E-state index in [9.17, 15) is 9.18 Å². The molecular weight excluding hydrogens is 397 g/mol. The smallest absolute Gasteiger partial charge is 0.275 e. The number of carbonyl (C=O) groups excluding carboxylic acids is 1. The molecule has 4 rings (SSSR count). The average molecular weight is 411 g/mol. The summed E-state index contributed by atoms with van der Waals surface area (Å²) >= 11 is 2.71. The Morgan fingerprint density at radius 1 is 1.11 bits per heavy atom. The number of hydrogen-bond donors (Lipinski definition) is 1. The molecule has 0 radical (unpaired) electrons. The molecule has 1 N–H and O–H groups in total. The van der Waals surface area contributed by atoms with Crippen molar-refractivity contribution in [2.75, 3.05) is 5.32 Å². The Morgan fingerprint density at radius 2 is 1.93 bits per heavy atom. The molecule has 0 aliphatic heterocycles. The summed E-state index contributed by atoms with van der Waals surface area (Å²) in [7, 11) is 0. The number of aromatic nitrogens is 2. The Morgan fingerprint density at radius 3 is 2.75 bits per heavy atom. The van der Waals surface area contributed by atoms with Crippen LogP contribution in [0.2, 0.25) is 0 Å². The fourth-order valence-electron chi connectivity index (χ4n) is 2.48. The topological polar surface area (TPSA) is 64.1 Å². The summed E-state index contributed by atoms with van der Waals surface area (Å²) in [4.78, 5) is 21.0. The molecule has 2 aromatic carbocycles. The predicted molar refractivity (Wildman–Crippen MR) is 108 cm³/mol. The number of thiazole rings is 2. The van der Waals surface area contributed by atoms with E-state index in [1.165, 1.54) is 28.7 Å². The van der Waals surface area contributed by atoms with Crippen LogP contribution < -0.4 is 10.1 Å². The lowest BCUT2D eigenvalue weighted by Gasteiger charge is -2.11. The Labute approximate surface area is 168 Å². The van der Waals surface area contributed by atoms with Crippen LogP contribution in [0.25, 0.3) is 10.6 Å². The van der Waals surface area contributed by atoms with E-state index in [1.807, 2.05) is 11.4 Å². The Bertz CT molecular complexity index is 1100. The zero-order valence-corrected chi connectivity index (χ0v) is 16.1. The molecule has 0 fully saturated rings.